The first kappa shape index (κ1) is 33.3. The summed E-state index contributed by atoms with van der Waals surface area (Å²) in [6.45, 7) is 0. The second-order valence-corrected chi connectivity index (χ2v) is 15.2. The molecule has 2 aromatic heterocycles. The van der Waals surface area contributed by atoms with E-state index in [2.05, 4.69) is 217 Å². The molecule has 0 aliphatic carbocycles. The largest absolute Gasteiger partial charge is 0.455 e. The maximum absolute atomic E-state index is 6.68. The van der Waals surface area contributed by atoms with E-state index in [1.54, 1.807) is 0 Å². The molecule has 0 amide bonds. The Bertz CT molecular complexity index is 3520. The molecule has 12 rings (SSSR count). The molecule has 0 atom stereocenters. The Balaban J connectivity index is 0.996. The fourth-order valence-corrected chi connectivity index (χ4v) is 9.02. The summed E-state index contributed by atoms with van der Waals surface area (Å²) in [6, 6.07) is 75.6. The molecule has 0 radical (unpaired) electrons. The van der Waals surface area contributed by atoms with E-state index in [1.807, 2.05) is 0 Å². The number of nitrogens with zero attached hydrogens (tertiary/aromatic N) is 1. The predicted molar refractivity (Wildman–Crippen MR) is 247 cm³/mol. The number of rotatable bonds is 6. The highest BCUT2D eigenvalue weighted by Crippen LogP contribution is 2.46. The van der Waals surface area contributed by atoms with Crippen molar-refractivity contribution in [3.8, 4) is 33.4 Å². The van der Waals surface area contributed by atoms with E-state index in [4.69, 9.17) is 8.83 Å². The maximum atomic E-state index is 6.68. The molecule has 0 aliphatic heterocycles. The van der Waals surface area contributed by atoms with E-state index in [-0.39, 0.29) is 0 Å². The highest BCUT2D eigenvalue weighted by Gasteiger charge is 2.21. The van der Waals surface area contributed by atoms with Crippen LogP contribution < -0.4 is 4.90 Å². The average Bonchev–Trinajstić information content (AvgIpc) is 3.90. The summed E-state index contributed by atoms with van der Waals surface area (Å²) in [6.07, 6.45) is 0. The lowest BCUT2D eigenvalue weighted by Gasteiger charge is -2.26. The number of anilines is 3. The fourth-order valence-electron chi connectivity index (χ4n) is 9.02. The molecule has 10 aromatic carbocycles. The van der Waals surface area contributed by atoms with Gasteiger partial charge in [-0.25, -0.2) is 0 Å². The van der Waals surface area contributed by atoms with E-state index >= 15 is 0 Å². The number of fused-ring (bicyclic) bond motifs is 10. The maximum Gasteiger partial charge on any atom is 0.143 e. The topological polar surface area (TPSA) is 29.5 Å². The summed E-state index contributed by atoms with van der Waals surface area (Å²) in [4.78, 5) is 2.36. The van der Waals surface area contributed by atoms with Gasteiger partial charge in [0, 0.05) is 38.3 Å². The molecule has 0 unspecified atom stereocenters. The molecule has 0 N–H and O–H groups in total. The Morgan fingerprint density at radius 3 is 1.34 bits per heavy atom. The lowest BCUT2D eigenvalue weighted by molar-refractivity contribution is 0.672. The first-order valence-corrected chi connectivity index (χ1v) is 20.1. The molecule has 3 nitrogen and oxygen atoms in total. The quantitative estimate of drug-likeness (QED) is 0.169. The zero-order chi connectivity index (χ0) is 38.9. The Hall–Kier alpha value is -7.88. The molecular formula is C56H35NO2. The molecule has 0 saturated heterocycles. The van der Waals surface area contributed by atoms with E-state index < -0.39 is 0 Å². The molecule has 59 heavy (non-hydrogen) atoms. The van der Waals surface area contributed by atoms with Crippen LogP contribution in [0, 0.1) is 0 Å². The van der Waals surface area contributed by atoms with Crippen LogP contribution in [0.3, 0.4) is 0 Å². The van der Waals surface area contributed by atoms with Crippen LogP contribution in [0.1, 0.15) is 0 Å². The molecule has 12 aromatic rings. The van der Waals surface area contributed by atoms with Gasteiger partial charge < -0.3 is 13.7 Å². The lowest BCUT2D eigenvalue weighted by Crippen LogP contribution is -2.10. The summed E-state index contributed by atoms with van der Waals surface area (Å²) in [5.74, 6) is 0. The molecule has 0 spiro atoms. The second kappa shape index (κ2) is 13.4. The molecule has 0 aliphatic rings. The average molecular weight is 754 g/mol. The summed E-state index contributed by atoms with van der Waals surface area (Å²) < 4.78 is 13.2. The zero-order valence-corrected chi connectivity index (χ0v) is 32.0. The van der Waals surface area contributed by atoms with Gasteiger partial charge in [0.15, 0.2) is 0 Å². The zero-order valence-electron chi connectivity index (χ0n) is 32.0. The summed E-state index contributed by atoms with van der Waals surface area (Å²) in [5, 5.41) is 9.01. The molecule has 0 saturated carbocycles. The first-order chi connectivity index (χ1) is 29.2. The Morgan fingerprint density at radius 1 is 0.288 bits per heavy atom. The van der Waals surface area contributed by atoms with Crippen LogP contribution in [-0.4, -0.2) is 0 Å². The summed E-state index contributed by atoms with van der Waals surface area (Å²) in [5.41, 5.74) is 13.8. The standard InChI is InChI=1S/C56H35NO2/c1-2-10-36(11-3-1)37-20-22-38(23-21-37)39-24-30-43(31-25-39)57(50-17-9-19-52-54(50)49-35-29-41-13-5-7-15-47(41)56(49)59-52)44-32-26-42(27-33-44)45-16-8-18-51-53(45)48-34-28-40-12-4-6-14-46(40)55(48)58-51/h1-35H. The third-order valence-electron chi connectivity index (χ3n) is 11.9. The van der Waals surface area contributed by atoms with Crippen LogP contribution in [0.4, 0.5) is 17.1 Å². The Kier molecular flexibility index (Phi) is 7.54. The minimum Gasteiger partial charge on any atom is -0.455 e. The normalized spacial score (nSPS) is 11.7. The minimum atomic E-state index is 0.858. The smallest absolute Gasteiger partial charge is 0.143 e. The number of hydrogen-bond acceptors (Lipinski definition) is 3. The third-order valence-corrected chi connectivity index (χ3v) is 11.9. The van der Waals surface area contributed by atoms with Crippen LogP contribution in [0.25, 0.3) is 98.8 Å². The van der Waals surface area contributed by atoms with Gasteiger partial charge in [0.05, 0.1) is 11.1 Å². The summed E-state index contributed by atoms with van der Waals surface area (Å²) in [7, 11) is 0. The van der Waals surface area contributed by atoms with Crippen molar-refractivity contribution >= 4 is 82.5 Å². The van der Waals surface area contributed by atoms with Crippen LogP contribution in [0.15, 0.2) is 221 Å². The Labute approximate surface area is 340 Å². The number of hydrogen-bond donors (Lipinski definition) is 0. The van der Waals surface area contributed by atoms with Gasteiger partial charge in [-0.05, 0) is 98.8 Å². The van der Waals surface area contributed by atoms with E-state index in [9.17, 15) is 0 Å². The SMILES string of the molecule is c1ccc(-c2ccc(-c3ccc(N(c4ccc(-c5cccc6oc7c8ccccc8ccc7c56)cc4)c4cccc5oc6c7ccccc7ccc6c45)cc3)cc2)cc1. The highest BCUT2D eigenvalue weighted by molar-refractivity contribution is 6.20. The van der Waals surface area contributed by atoms with Crippen molar-refractivity contribution in [2.24, 2.45) is 0 Å². The van der Waals surface area contributed by atoms with E-state index in [0.717, 1.165) is 93.8 Å². The predicted octanol–water partition coefficient (Wildman–Crippen LogP) is 16.3. The van der Waals surface area contributed by atoms with Gasteiger partial charge in [-0.3, -0.25) is 0 Å². The van der Waals surface area contributed by atoms with E-state index in [1.165, 1.54) is 22.1 Å². The van der Waals surface area contributed by atoms with Crippen molar-refractivity contribution < 1.29 is 8.83 Å². The van der Waals surface area contributed by atoms with Crippen LogP contribution in [-0.2, 0) is 0 Å². The molecule has 0 bridgehead atoms. The first-order valence-electron chi connectivity index (χ1n) is 20.1. The van der Waals surface area contributed by atoms with Gasteiger partial charge in [0.1, 0.15) is 22.3 Å². The van der Waals surface area contributed by atoms with Crippen molar-refractivity contribution in [2.75, 3.05) is 4.90 Å². The highest BCUT2D eigenvalue weighted by atomic mass is 16.3. The lowest BCUT2D eigenvalue weighted by atomic mass is 9.97. The minimum absolute atomic E-state index is 0.858. The third kappa shape index (κ3) is 5.44. The van der Waals surface area contributed by atoms with Gasteiger partial charge >= 0.3 is 0 Å². The molecule has 2 heterocycles. The van der Waals surface area contributed by atoms with Gasteiger partial charge in [0.2, 0.25) is 0 Å². The molecule has 3 heteroatoms. The fraction of sp³-hybridized carbons (Fsp3) is 0. The van der Waals surface area contributed by atoms with Crippen molar-refractivity contribution in [1.29, 1.82) is 0 Å². The van der Waals surface area contributed by atoms with Crippen molar-refractivity contribution in [2.45, 2.75) is 0 Å². The molecule has 276 valence electrons. The van der Waals surface area contributed by atoms with Gasteiger partial charge in [0.25, 0.3) is 0 Å². The molecular weight excluding hydrogens is 719 g/mol. The van der Waals surface area contributed by atoms with Gasteiger partial charge in [-0.15, -0.1) is 0 Å². The molecule has 0 fully saturated rings. The number of furan rings is 2. The van der Waals surface area contributed by atoms with Crippen molar-refractivity contribution in [1.82, 2.24) is 0 Å². The second-order valence-electron chi connectivity index (χ2n) is 15.2. The van der Waals surface area contributed by atoms with Crippen LogP contribution >= 0.6 is 0 Å². The van der Waals surface area contributed by atoms with Crippen LogP contribution in [0.5, 0.6) is 0 Å². The Morgan fingerprint density at radius 2 is 0.746 bits per heavy atom. The summed E-state index contributed by atoms with van der Waals surface area (Å²) >= 11 is 0. The number of benzene rings is 10. The van der Waals surface area contributed by atoms with Gasteiger partial charge in [-0.2, -0.15) is 0 Å². The van der Waals surface area contributed by atoms with Crippen molar-refractivity contribution in [3.63, 3.8) is 0 Å². The van der Waals surface area contributed by atoms with Crippen molar-refractivity contribution in [3.05, 3.63) is 212 Å². The van der Waals surface area contributed by atoms with Crippen LogP contribution in [0.2, 0.25) is 0 Å². The van der Waals surface area contributed by atoms with Gasteiger partial charge in [-0.1, -0.05) is 158 Å². The monoisotopic (exact) mass is 753 g/mol. The van der Waals surface area contributed by atoms with E-state index in [0.29, 0.717) is 0 Å².